The zero-order valence-corrected chi connectivity index (χ0v) is 14.0. The highest BCUT2D eigenvalue weighted by molar-refractivity contribution is 5.85. The Hall–Kier alpha value is -2.53. The first kappa shape index (κ1) is 16.0. The van der Waals surface area contributed by atoms with Crippen molar-refractivity contribution in [3.05, 3.63) is 76.7 Å². The maximum absolute atomic E-state index is 14.9. The number of hydrogen-bond acceptors (Lipinski definition) is 3. The quantitative estimate of drug-likeness (QED) is 0.729. The molecule has 1 aliphatic carbocycles. The van der Waals surface area contributed by atoms with Crippen LogP contribution in [0.25, 0.3) is 16.6 Å². The molecule has 0 saturated heterocycles. The van der Waals surface area contributed by atoms with Crippen LogP contribution >= 0.6 is 0 Å². The lowest BCUT2D eigenvalue weighted by molar-refractivity contribution is -0.0733. The van der Waals surface area contributed by atoms with E-state index in [4.69, 9.17) is 0 Å². The van der Waals surface area contributed by atoms with Crippen LogP contribution in [0.3, 0.4) is 0 Å². The van der Waals surface area contributed by atoms with E-state index in [2.05, 4.69) is 4.98 Å². The summed E-state index contributed by atoms with van der Waals surface area (Å²) in [6.45, 7) is 2.56. The van der Waals surface area contributed by atoms with E-state index in [0.717, 1.165) is 10.9 Å². The van der Waals surface area contributed by atoms with Gasteiger partial charge in [-0.15, -0.1) is 0 Å². The van der Waals surface area contributed by atoms with Crippen molar-refractivity contribution in [2.45, 2.75) is 31.7 Å². The normalized spacial score (nSPS) is 21.3. The summed E-state index contributed by atoms with van der Waals surface area (Å²) in [5.41, 5.74) is 0.0653. The number of allylic oxidation sites excluding steroid dienone is 4. The number of pyridine rings is 1. The first-order valence-electron chi connectivity index (χ1n) is 8.15. The van der Waals surface area contributed by atoms with E-state index < -0.39 is 11.5 Å². The summed E-state index contributed by atoms with van der Waals surface area (Å²) >= 11 is 0. The van der Waals surface area contributed by atoms with E-state index in [1.807, 2.05) is 30.3 Å². The molecule has 4 rings (SSSR count). The number of nitrogens with zero attached hydrogens (tertiary/aromatic N) is 2. The van der Waals surface area contributed by atoms with E-state index >= 15 is 0 Å². The lowest BCUT2D eigenvalue weighted by atomic mass is 9.77. The average molecular weight is 339 g/mol. The van der Waals surface area contributed by atoms with Gasteiger partial charge in [0.2, 0.25) is 0 Å². The third kappa shape index (κ3) is 2.15. The molecule has 0 amide bonds. The molecule has 25 heavy (non-hydrogen) atoms. The Labute approximate surface area is 144 Å². The van der Waals surface area contributed by atoms with Crippen molar-refractivity contribution in [2.24, 2.45) is 0 Å². The first-order chi connectivity index (χ1) is 11.8. The van der Waals surface area contributed by atoms with Crippen molar-refractivity contribution in [2.75, 3.05) is 0 Å². The summed E-state index contributed by atoms with van der Waals surface area (Å²) in [6, 6.07) is 9.37. The van der Waals surface area contributed by atoms with Gasteiger partial charge < -0.3 is 10.3 Å². The molecule has 0 unspecified atom stereocenters. The fraction of sp³-hybridized carbons (Fsp3) is 0.250. The molecule has 0 fully saturated rings. The Balaban J connectivity index is 1.99. The summed E-state index contributed by atoms with van der Waals surface area (Å²) in [5.74, 6) is -3.23. The van der Waals surface area contributed by atoms with Crippen LogP contribution in [-0.2, 0) is 0 Å². The summed E-state index contributed by atoms with van der Waals surface area (Å²) in [4.78, 5) is 4.39. The predicted octanol–water partition coefficient (Wildman–Crippen LogP) is 5.06. The molecule has 0 bridgehead atoms. The number of hydrogen-bond donors (Lipinski definition) is 0. The largest absolute Gasteiger partial charge is 0.758 e. The lowest BCUT2D eigenvalue weighted by Gasteiger charge is -2.56. The molecule has 2 aromatic rings. The van der Waals surface area contributed by atoms with Gasteiger partial charge in [-0.05, 0) is 38.0 Å². The van der Waals surface area contributed by atoms with Gasteiger partial charge in [0.25, 0.3) is 5.92 Å². The monoisotopic (exact) mass is 339 g/mol. The molecular weight excluding hydrogens is 322 g/mol. The molecule has 2 aliphatic rings. The average Bonchev–Trinajstić information content (AvgIpc) is 2.61. The van der Waals surface area contributed by atoms with Crippen LogP contribution < -0.4 is 0 Å². The van der Waals surface area contributed by atoms with Gasteiger partial charge in [-0.2, -0.15) is 8.78 Å². The number of para-hydroxylation sites is 1. The molecule has 0 radical (unpaired) electrons. The van der Waals surface area contributed by atoms with Gasteiger partial charge in [0, 0.05) is 28.4 Å². The Kier molecular flexibility index (Phi) is 3.34. The van der Waals surface area contributed by atoms with Crippen molar-refractivity contribution in [3.63, 3.8) is 0 Å². The van der Waals surface area contributed by atoms with Crippen molar-refractivity contribution in [3.8, 4) is 0 Å². The molecule has 3 nitrogen and oxygen atoms in total. The van der Waals surface area contributed by atoms with E-state index in [0.29, 0.717) is 22.6 Å². The van der Waals surface area contributed by atoms with Crippen LogP contribution in [0.4, 0.5) is 8.78 Å². The molecule has 0 N–H and O–H groups in total. The second-order valence-corrected chi connectivity index (χ2v) is 6.88. The maximum Gasteiger partial charge on any atom is 0.294 e. The van der Waals surface area contributed by atoms with Crippen LogP contribution in [0.15, 0.2) is 65.9 Å². The van der Waals surface area contributed by atoms with Crippen molar-refractivity contribution in [1.29, 1.82) is 0 Å². The highest BCUT2D eigenvalue weighted by Gasteiger charge is 2.55. The summed E-state index contributed by atoms with van der Waals surface area (Å²) in [5, 5.41) is 14.3. The minimum absolute atomic E-state index is 0.0738. The van der Waals surface area contributed by atoms with Crippen LogP contribution in [0.5, 0.6) is 0 Å². The van der Waals surface area contributed by atoms with E-state index in [1.54, 1.807) is 18.3 Å². The third-order valence-corrected chi connectivity index (χ3v) is 5.01. The standard InChI is InChI=1S/C20H17F2N2O/c1-19(2)20(21,22)16-9-5-4-8-15(16)18(24(19)25)14-11-13-7-3-6-10-17(13)23-12-14/h3-7,9-12H,8H2,1-2H3/q-1. The molecule has 2 heterocycles. The van der Waals surface area contributed by atoms with Gasteiger partial charge in [-0.1, -0.05) is 36.4 Å². The minimum atomic E-state index is -3.23. The number of halogens is 2. The van der Waals surface area contributed by atoms with E-state index in [9.17, 15) is 14.0 Å². The molecule has 0 atom stereocenters. The van der Waals surface area contributed by atoms with Crippen molar-refractivity contribution in [1.82, 2.24) is 10.0 Å². The third-order valence-electron chi connectivity index (χ3n) is 5.01. The van der Waals surface area contributed by atoms with Crippen LogP contribution in [-0.4, -0.2) is 21.5 Å². The molecule has 1 aromatic carbocycles. The summed E-state index contributed by atoms with van der Waals surface area (Å²) < 4.78 is 29.8. The number of rotatable bonds is 1. The van der Waals surface area contributed by atoms with Crippen LogP contribution in [0.1, 0.15) is 25.8 Å². The molecule has 5 heteroatoms. The molecule has 1 aliphatic heterocycles. The Morgan fingerprint density at radius 3 is 2.76 bits per heavy atom. The van der Waals surface area contributed by atoms with Gasteiger partial charge in [0.05, 0.1) is 11.1 Å². The van der Waals surface area contributed by atoms with Crippen LogP contribution in [0, 0.1) is 5.21 Å². The number of hydroxylamine groups is 2. The molecule has 128 valence electrons. The number of benzene rings is 1. The second-order valence-electron chi connectivity index (χ2n) is 6.88. The fourth-order valence-electron chi connectivity index (χ4n) is 3.43. The highest BCUT2D eigenvalue weighted by Crippen LogP contribution is 2.52. The first-order valence-corrected chi connectivity index (χ1v) is 8.15. The fourth-order valence-corrected chi connectivity index (χ4v) is 3.43. The lowest BCUT2D eigenvalue weighted by Crippen LogP contribution is -2.57. The van der Waals surface area contributed by atoms with Gasteiger partial charge in [-0.3, -0.25) is 4.98 Å². The van der Waals surface area contributed by atoms with Gasteiger partial charge in [0.15, 0.2) is 0 Å². The molecule has 0 saturated carbocycles. The van der Waals surface area contributed by atoms with Gasteiger partial charge in [0.1, 0.15) is 0 Å². The highest BCUT2D eigenvalue weighted by atomic mass is 19.3. The number of alkyl halides is 2. The van der Waals surface area contributed by atoms with E-state index in [-0.39, 0.29) is 11.3 Å². The van der Waals surface area contributed by atoms with Gasteiger partial charge in [-0.25, -0.2) is 0 Å². The minimum Gasteiger partial charge on any atom is -0.758 e. The SMILES string of the molecule is CC1(C)N([O-])C(c2cnc3ccccc3c2)=C2CC=CC=C2C1(F)F. The maximum atomic E-state index is 14.9. The van der Waals surface area contributed by atoms with Crippen molar-refractivity contribution < 1.29 is 8.78 Å². The molecule has 0 spiro atoms. The molecular formula is C20H17F2N2O-. The smallest absolute Gasteiger partial charge is 0.294 e. The Bertz CT molecular complexity index is 957. The summed E-state index contributed by atoms with van der Waals surface area (Å²) in [7, 11) is 0. The summed E-state index contributed by atoms with van der Waals surface area (Å²) in [6.07, 6.45) is 6.72. The Morgan fingerprint density at radius 2 is 1.96 bits per heavy atom. The van der Waals surface area contributed by atoms with Crippen molar-refractivity contribution >= 4 is 16.6 Å². The predicted molar refractivity (Wildman–Crippen MR) is 94.7 cm³/mol. The zero-order chi connectivity index (χ0) is 17.8. The molecule has 1 aromatic heterocycles. The van der Waals surface area contributed by atoms with E-state index in [1.165, 1.54) is 19.9 Å². The second kappa shape index (κ2) is 5.23. The van der Waals surface area contributed by atoms with Crippen LogP contribution in [0.2, 0.25) is 0 Å². The number of aromatic nitrogens is 1. The van der Waals surface area contributed by atoms with Gasteiger partial charge >= 0.3 is 0 Å². The Morgan fingerprint density at radius 1 is 1.20 bits per heavy atom. The topological polar surface area (TPSA) is 39.2 Å². The zero-order valence-electron chi connectivity index (χ0n) is 14.0. The number of fused-ring (bicyclic) bond motifs is 2.